The van der Waals surface area contributed by atoms with Crippen molar-refractivity contribution in [3.63, 3.8) is 0 Å². The van der Waals surface area contributed by atoms with Crippen LogP contribution in [0.1, 0.15) is 23.6 Å². The lowest BCUT2D eigenvalue weighted by atomic mass is 10.0. The van der Waals surface area contributed by atoms with E-state index in [9.17, 15) is 14.4 Å². The second kappa shape index (κ2) is 7.05. The van der Waals surface area contributed by atoms with E-state index in [1.165, 1.54) is 0 Å². The number of carbonyl (C=O) groups is 3. The fourth-order valence-corrected chi connectivity index (χ4v) is 3.56. The van der Waals surface area contributed by atoms with Crippen molar-refractivity contribution in [2.24, 2.45) is 0 Å². The van der Waals surface area contributed by atoms with Crippen LogP contribution < -0.4 is 10.2 Å². The molecule has 1 fully saturated rings. The van der Waals surface area contributed by atoms with E-state index >= 15 is 0 Å². The molecule has 4 amide bonds. The summed E-state index contributed by atoms with van der Waals surface area (Å²) in [5.74, 6) is -1.32. The molecule has 1 aromatic heterocycles. The largest absolute Gasteiger partial charge is 0.347 e. The number of para-hydroxylation sites is 1. The summed E-state index contributed by atoms with van der Waals surface area (Å²) in [6.07, 6.45) is 3.47. The molecule has 3 aromatic rings. The van der Waals surface area contributed by atoms with Gasteiger partial charge in [0.2, 0.25) is 0 Å². The molecule has 2 aromatic carbocycles. The first-order valence-electron chi connectivity index (χ1n) is 9.47. The van der Waals surface area contributed by atoms with Crippen molar-refractivity contribution in [1.82, 2.24) is 9.88 Å². The van der Waals surface area contributed by atoms with Crippen molar-refractivity contribution in [2.75, 3.05) is 4.90 Å². The van der Waals surface area contributed by atoms with Crippen LogP contribution in [0.5, 0.6) is 0 Å². The molecule has 2 heterocycles. The maximum absolute atomic E-state index is 13.1. The van der Waals surface area contributed by atoms with E-state index in [0.717, 1.165) is 39.0 Å². The highest BCUT2D eigenvalue weighted by atomic mass is 16.2. The van der Waals surface area contributed by atoms with Gasteiger partial charge in [-0.1, -0.05) is 24.3 Å². The van der Waals surface area contributed by atoms with Crippen molar-refractivity contribution in [1.29, 1.82) is 0 Å². The van der Waals surface area contributed by atoms with E-state index in [4.69, 9.17) is 0 Å². The number of carbonyl (C=O) groups excluding carboxylic acids is 3. The zero-order chi connectivity index (χ0) is 20.7. The predicted molar refractivity (Wildman–Crippen MR) is 113 cm³/mol. The van der Waals surface area contributed by atoms with Gasteiger partial charge in [-0.3, -0.25) is 14.9 Å². The van der Waals surface area contributed by atoms with Crippen molar-refractivity contribution in [3.8, 4) is 0 Å². The Morgan fingerprint density at radius 3 is 2.48 bits per heavy atom. The third-order valence-electron chi connectivity index (χ3n) is 5.31. The monoisotopic (exact) mass is 387 g/mol. The second-order valence-electron chi connectivity index (χ2n) is 7.11. The Balaban J connectivity index is 1.81. The quantitative estimate of drug-likeness (QED) is 0.546. The first-order valence-corrected chi connectivity index (χ1v) is 9.47. The Hall–Kier alpha value is -3.67. The number of urea groups is 1. The number of amides is 4. The van der Waals surface area contributed by atoms with Gasteiger partial charge in [0.05, 0.1) is 5.69 Å². The number of rotatable bonds is 3. The number of anilines is 1. The Kier molecular flexibility index (Phi) is 4.54. The number of imide groups is 2. The average Bonchev–Trinajstić information content (AvgIpc) is 3.05. The van der Waals surface area contributed by atoms with E-state index in [-0.39, 0.29) is 5.57 Å². The third kappa shape index (κ3) is 3.12. The molecule has 0 radical (unpaired) electrons. The molecule has 1 aliphatic heterocycles. The van der Waals surface area contributed by atoms with Gasteiger partial charge in [0.25, 0.3) is 11.8 Å². The molecule has 1 N–H and O–H groups in total. The highest BCUT2D eigenvalue weighted by Crippen LogP contribution is 2.27. The Bertz CT molecular complexity index is 1200. The van der Waals surface area contributed by atoms with E-state index in [2.05, 4.69) is 9.88 Å². The minimum Gasteiger partial charge on any atom is -0.347 e. The maximum atomic E-state index is 13.1. The molecule has 29 heavy (non-hydrogen) atoms. The first-order chi connectivity index (χ1) is 13.9. The van der Waals surface area contributed by atoms with Crippen LogP contribution in [0.3, 0.4) is 0 Å². The molecule has 4 rings (SSSR count). The molecule has 0 spiro atoms. The van der Waals surface area contributed by atoms with E-state index in [1.54, 1.807) is 18.2 Å². The average molecular weight is 387 g/mol. The topological polar surface area (TPSA) is 71.4 Å². The number of nitrogens with zero attached hydrogens (tertiary/aromatic N) is 2. The van der Waals surface area contributed by atoms with Gasteiger partial charge >= 0.3 is 6.03 Å². The summed E-state index contributed by atoms with van der Waals surface area (Å²) >= 11 is 0. The van der Waals surface area contributed by atoms with Crippen molar-refractivity contribution >= 4 is 40.5 Å². The lowest BCUT2D eigenvalue weighted by molar-refractivity contribution is -0.122. The third-order valence-corrected chi connectivity index (χ3v) is 5.31. The Morgan fingerprint density at radius 1 is 1.00 bits per heavy atom. The first kappa shape index (κ1) is 18.7. The van der Waals surface area contributed by atoms with Gasteiger partial charge in [-0.2, -0.15) is 0 Å². The normalized spacial score (nSPS) is 16.0. The van der Waals surface area contributed by atoms with Crippen LogP contribution in [0, 0.1) is 13.8 Å². The van der Waals surface area contributed by atoms with Crippen LogP contribution in [0.15, 0.2) is 54.2 Å². The van der Waals surface area contributed by atoms with Crippen LogP contribution in [0.2, 0.25) is 0 Å². The zero-order valence-corrected chi connectivity index (χ0v) is 16.5. The molecule has 146 valence electrons. The van der Waals surface area contributed by atoms with Crippen LogP contribution in [-0.2, 0) is 16.1 Å². The summed E-state index contributed by atoms with van der Waals surface area (Å²) in [7, 11) is 0. The van der Waals surface area contributed by atoms with Crippen LogP contribution >= 0.6 is 0 Å². The van der Waals surface area contributed by atoms with Crippen LogP contribution in [0.4, 0.5) is 10.5 Å². The van der Waals surface area contributed by atoms with Gasteiger partial charge in [-0.25, -0.2) is 9.69 Å². The number of barbiturate groups is 1. The smallest absolute Gasteiger partial charge is 0.335 e. The number of benzene rings is 2. The fraction of sp³-hybridized carbons (Fsp3) is 0.174. The molecule has 6 heteroatoms. The number of hydrogen-bond donors (Lipinski definition) is 1. The van der Waals surface area contributed by atoms with Gasteiger partial charge in [-0.05, 0) is 56.2 Å². The van der Waals surface area contributed by atoms with Crippen molar-refractivity contribution < 1.29 is 14.4 Å². The van der Waals surface area contributed by atoms with Gasteiger partial charge in [0.15, 0.2) is 0 Å². The fourth-order valence-electron chi connectivity index (χ4n) is 3.56. The Morgan fingerprint density at radius 2 is 1.76 bits per heavy atom. The summed E-state index contributed by atoms with van der Waals surface area (Å²) in [6.45, 7) is 6.65. The summed E-state index contributed by atoms with van der Waals surface area (Å²) < 4.78 is 2.05. The van der Waals surface area contributed by atoms with E-state index in [1.807, 2.05) is 57.3 Å². The van der Waals surface area contributed by atoms with E-state index in [0.29, 0.717) is 5.69 Å². The summed E-state index contributed by atoms with van der Waals surface area (Å²) in [6, 6.07) is 12.4. The summed E-state index contributed by atoms with van der Waals surface area (Å²) in [5.41, 5.74) is 4.16. The zero-order valence-electron chi connectivity index (χ0n) is 16.5. The highest BCUT2D eigenvalue weighted by Gasteiger charge is 2.37. The second-order valence-corrected chi connectivity index (χ2v) is 7.11. The van der Waals surface area contributed by atoms with Crippen molar-refractivity contribution in [2.45, 2.75) is 27.3 Å². The number of aromatic nitrogens is 1. The lowest BCUT2D eigenvalue weighted by Crippen LogP contribution is -2.54. The van der Waals surface area contributed by atoms with Crippen LogP contribution in [-0.4, -0.2) is 22.4 Å². The molecule has 0 aliphatic carbocycles. The summed E-state index contributed by atoms with van der Waals surface area (Å²) in [4.78, 5) is 39.0. The number of aryl methyl sites for hydroxylation is 3. The Labute approximate surface area is 168 Å². The van der Waals surface area contributed by atoms with Crippen LogP contribution in [0.25, 0.3) is 17.0 Å². The standard InChI is InChI=1S/C23H21N3O3/c1-4-25-13-16(18-7-5-6-8-20(18)25)12-19-21(27)24-23(29)26(22(19)28)17-10-9-14(2)15(3)11-17/h5-13H,4H2,1-3H3,(H,24,27,29)/b19-12+. The van der Waals surface area contributed by atoms with Gasteiger partial charge in [-0.15, -0.1) is 0 Å². The minimum absolute atomic E-state index is 0.0677. The minimum atomic E-state index is -0.739. The number of nitrogens with one attached hydrogen (secondary N) is 1. The maximum Gasteiger partial charge on any atom is 0.335 e. The molecule has 0 atom stereocenters. The van der Waals surface area contributed by atoms with Gasteiger partial charge in [0.1, 0.15) is 5.57 Å². The molecule has 0 bridgehead atoms. The van der Waals surface area contributed by atoms with Gasteiger partial charge in [0, 0.05) is 29.2 Å². The number of fused-ring (bicyclic) bond motifs is 1. The molecular weight excluding hydrogens is 366 g/mol. The lowest BCUT2D eigenvalue weighted by Gasteiger charge is -2.26. The molecular formula is C23H21N3O3. The summed E-state index contributed by atoms with van der Waals surface area (Å²) in [5, 5.41) is 3.23. The molecule has 1 aliphatic rings. The molecule has 1 saturated heterocycles. The molecule has 6 nitrogen and oxygen atoms in total. The highest BCUT2D eigenvalue weighted by molar-refractivity contribution is 6.39. The number of hydrogen-bond acceptors (Lipinski definition) is 3. The molecule has 0 saturated carbocycles. The van der Waals surface area contributed by atoms with Crippen molar-refractivity contribution in [3.05, 3.63) is 70.9 Å². The predicted octanol–water partition coefficient (Wildman–Crippen LogP) is 3.94. The van der Waals surface area contributed by atoms with E-state index < -0.39 is 17.8 Å². The van der Waals surface area contributed by atoms with Gasteiger partial charge < -0.3 is 4.57 Å². The molecule has 0 unspecified atom stereocenters. The SMILES string of the molecule is CCn1cc(/C=C2\C(=O)NC(=O)N(c3ccc(C)c(C)c3)C2=O)c2ccccc21.